The fourth-order valence-corrected chi connectivity index (χ4v) is 2.96. The monoisotopic (exact) mass is 435 g/mol. The number of non-ortho nitro benzene ring substituents is 1. The first-order valence-electron chi connectivity index (χ1n) is 7.75. The van der Waals surface area contributed by atoms with Crippen LogP contribution in [0.15, 0.2) is 59.0 Å². The third-order valence-electron chi connectivity index (χ3n) is 3.58. The first-order valence-corrected chi connectivity index (χ1v) is 8.92. The average molecular weight is 436 g/mol. The summed E-state index contributed by atoms with van der Waals surface area (Å²) in [6.07, 6.45) is 0. The molecule has 0 aliphatic rings. The van der Waals surface area contributed by atoms with Crippen LogP contribution in [0.1, 0.15) is 10.6 Å². The summed E-state index contributed by atoms with van der Waals surface area (Å²) >= 11 is 17.0. The fourth-order valence-electron chi connectivity index (χ4n) is 2.30. The Morgan fingerprint density at radius 2 is 1.89 bits per heavy atom. The lowest BCUT2D eigenvalue weighted by atomic mass is 10.1. The molecule has 3 rings (SSSR count). The minimum absolute atomic E-state index is 0.00661. The van der Waals surface area contributed by atoms with E-state index in [1.807, 2.05) is 0 Å². The van der Waals surface area contributed by atoms with Gasteiger partial charge in [-0.3, -0.25) is 20.2 Å². The van der Waals surface area contributed by atoms with Crippen LogP contribution in [0.25, 0.3) is 11.3 Å². The molecule has 3 aromatic rings. The molecule has 0 aliphatic heterocycles. The number of nitro groups is 1. The van der Waals surface area contributed by atoms with E-state index in [-0.39, 0.29) is 16.6 Å². The summed E-state index contributed by atoms with van der Waals surface area (Å²) in [5.41, 5.74) is 0.875. The number of nitrogens with one attached hydrogen (secondary N) is 2. The van der Waals surface area contributed by atoms with Crippen LogP contribution in [0.3, 0.4) is 0 Å². The molecule has 0 bridgehead atoms. The normalized spacial score (nSPS) is 10.4. The number of amides is 1. The van der Waals surface area contributed by atoms with Gasteiger partial charge in [0.05, 0.1) is 15.6 Å². The maximum atomic E-state index is 12.3. The number of anilines is 1. The van der Waals surface area contributed by atoms with Crippen molar-refractivity contribution in [2.45, 2.75) is 0 Å². The van der Waals surface area contributed by atoms with E-state index in [0.29, 0.717) is 27.1 Å². The summed E-state index contributed by atoms with van der Waals surface area (Å²) in [6, 6.07) is 13.7. The predicted octanol–water partition coefficient (Wildman–Crippen LogP) is 5.29. The predicted molar refractivity (Wildman–Crippen MR) is 111 cm³/mol. The Hall–Kier alpha value is -2.94. The average Bonchev–Trinajstić information content (AvgIpc) is 3.14. The molecule has 0 atom stereocenters. The number of hydrogen-bond donors (Lipinski definition) is 2. The third-order valence-corrected chi connectivity index (χ3v) is 4.33. The highest BCUT2D eigenvalue weighted by Crippen LogP contribution is 2.26. The smallest absolute Gasteiger partial charge is 0.293 e. The standard InChI is InChI=1S/C18H11Cl2N3O4S/c19-11-4-5-14(13(20)9-11)21-18(28)22-17(24)16-7-6-15(27-16)10-2-1-3-12(8-10)23(25)26/h1-9H,(H2,21,22,24,28). The molecular formula is C18H11Cl2N3O4S. The van der Waals surface area contributed by atoms with Gasteiger partial charge in [0, 0.05) is 22.7 Å². The summed E-state index contributed by atoms with van der Waals surface area (Å²) in [5.74, 6) is -0.277. The Labute approximate surface area is 174 Å². The molecule has 0 fully saturated rings. The molecular weight excluding hydrogens is 425 g/mol. The third kappa shape index (κ3) is 4.66. The summed E-state index contributed by atoms with van der Waals surface area (Å²) in [7, 11) is 0. The number of hydrogen-bond acceptors (Lipinski definition) is 5. The van der Waals surface area contributed by atoms with Crippen LogP contribution in [-0.4, -0.2) is 15.9 Å². The van der Waals surface area contributed by atoms with Crippen LogP contribution < -0.4 is 10.6 Å². The van der Waals surface area contributed by atoms with Crippen molar-refractivity contribution < 1.29 is 14.1 Å². The van der Waals surface area contributed by atoms with Crippen molar-refractivity contribution in [2.75, 3.05) is 5.32 Å². The number of halogens is 2. The number of carbonyl (C=O) groups is 1. The largest absolute Gasteiger partial charge is 0.451 e. The summed E-state index contributed by atoms with van der Waals surface area (Å²) in [4.78, 5) is 22.7. The molecule has 2 aromatic carbocycles. The zero-order chi connectivity index (χ0) is 20.3. The van der Waals surface area contributed by atoms with E-state index in [1.54, 1.807) is 24.3 Å². The number of benzene rings is 2. The second-order valence-corrected chi connectivity index (χ2v) is 6.76. The van der Waals surface area contributed by atoms with E-state index >= 15 is 0 Å². The van der Waals surface area contributed by atoms with E-state index in [1.165, 1.54) is 30.3 Å². The van der Waals surface area contributed by atoms with Gasteiger partial charge in [0.25, 0.3) is 11.6 Å². The topological polar surface area (TPSA) is 97.4 Å². The Kier molecular flexibility index (Phi) is 5.93. The van der Waals surface area contributed by atoms with Gasteiger partial charge in [0.2, 0.25) is 0 Å². The summed E-state index contributed by atoms with van der Waals surface area (Å²) in [5, 5.41) is 17.0. The van der Waals surface area contributed by atoms with E-state index in [0.717, 1.165) is 0 Å². The Balaban J connectivity index is 1.69. The molecule has 1 aromatic heterocycles. The molecule has 0 saturated heterocycles. The second-order valence-electron chi connectivity index (χ2n) is 5.50. The minimum Gasteiger partial charge on any atom is -0.451 e. The molecule has 10 heteroatoms. The minimum atomic E-state index is -0.584. The molecule has 0 aliphatic carbocycles. The second kappa shape index (κ2) is 8.39. The van der Waals surface area contributed by atoms with Gasteiger partial charge in [0.1, 0.15) is 5.76 Å². The van der Waals surface area contributed by atoms with Crippen LogP contribution in [0.4, 0.5) is 11.4 Å². The lowest BCUT2D eigenvalue weighted by Crippen LogP contribution is -2.33. The van der Waals surface area contributed by atoms with Gasteiger partial charge in [-0.2, -0.15) is 0 Å². The quantitative estimate of drug-likeness (QED) is 0.328. The van der Waals surface area contributed by atoms with Crippen LogP contribution in [0, 0.1) is 10.1 Å². The van der Waals surface area contributed by atoms with Crippen molar-refractivity contribution in [3.8, 4) is 11.3 Å². The highest BCUT2D eigenvalue weighted by atomic mass is 35.5. The van der Waals surface area contributed by atoms with E-state index in [2.05, 4.69) is 10.6 Å². The number of thiocarbonyl (C=S) groups is 1. The zero-order valence-electron chi connectivity index (χ0n) is 13.9. The fraction of sp³-hybridized carbons (Fsp3) is 0. The van der Waals surface area contributed by atoms with Crippen molar-refractivity contribution in [3.05, 3.63) is 80.5 Å². The Morgan fingerprint density at radius 1 is 1.11 bits per heavy atom. The maximum absolute atomic E-state index is 12.3. The molecule has 1 heterocycles. The number of furan rings is 1. The lowest BCUT2D eigenvalue weighted by Gasteiger charge is -2.10. The summed E-state index contributed by atoms with van der Waals surface area (Å²) < 4.78 is 5.49. The van der Waals surface area contributed by atoms with E-state index in [4.69, 9.17) is 39.8 Å². The van der Waals surface area contributed by atoms with Gasteiger partial charge in [-0.05, 0) is 42.5 Å². The number of nitro benzene ring substituents is 1. The molecule has 0 saturated carbocycles. The van der Waals surface area contributed by atoms with Crippen LogP contribution in [-0.2, 0) is 0 Å². The molecule has 0 unspecified atom stereocenters. The van der Waals surface area contributed by atoms with Gasteiger partial charge < -0.3 is 9.73 Å². The Morgan fingerprint density at radius 3 is 2.61 bits per heavy atom. The van der Waals surface area contributed by atoms with Crippen molar-refractivity contribution in [3.63, 3.8) is 0 Å². The van der Waals surface area contributed by atoms with Crippen molar-refractivity contribution >= 4 is 57.8 Å². The van der Waals surface area contributed by atoms with Gasteiger partial charge in [-0.15, -0.1) is 0 Å². The molecule has 1 amide bonds. The summed E-state index contributed by atoms with van der Waals surface area (Å²) in [6.45, 7) is 0. The van der Waals surface area contributed by atoms with Gasteiger partial charge in [0.15, 0.2) is 10.9 Å². The van der Waals surface area contributed by atoms with Crippen molar-refractivity contribution in [1.82, 2.24) is 5.32 Å². The zero-order valence-corrected chi connectivity index (χ0v) is 16.3. The molecule has 28 heavy (non-hydrogen) atoms. The highest BCUT2D eigenvalue weighted by Gasteiger charge is 2.16. The molecule has 0 spiro atoms. The van der Waals surface area contributed by atoms with Crippen LogP contribution >= 0.6 is 35.4 Å². The molecule has 0 radical (unpaired) electrons. The van der Waals surface area contributed by atoms with E-state index in [9.17, 15) is 14.9 Å². The first-order chi connectivity index (χ1) is 13.3. The van der Waals surface area contributed by atoms with Crippen LogP contribution in [0.2, 0.25) is 10.0 Å². The van der Waals surface area contributed by atoms with Crippen LogP contribution in [0.5, 0.6) is 0 Å². The van der Waals surface area contributed by atoms with Crippen molar-refractivity contribution in [2.24, 2.45) is 0 Å². The number of rotatable bonds is 4. The maximum Gasteiger partial charge on any atom is 0.293 e. The SMILES string of the molecule is O=C(NC(=S)Nc1ccc(Cl)cc1Cl)c1ccc(-c2cccc([N+](=O)[O-])c2)o1. The van der Waals surface area contributed by atoms with Crippen molar-refractivity contribution in [1.29, 1.82) is 0 Å². The van der Waals surface area contributed by atoms with Gasteiger partial charge in [-0.1, -0.05) is 35.3 Å². The Bertz CT molecular complexity index is 1080. The number of nitrogens with zero attached hydrogens (tertiary/aromatic N) is 1. The number of carbonyl (C=O) groups excluding carboxylic acids is 1. The first kappa shape index (κ1) is 19.8. The van der Waals surface area contributed by atoms with Gasteiger partial charge in [-0.25, -0.2) is 0 Å². The van der Waals surface area contributed by atoms with E-state index < -0.39 is 10.8 Å². The van der Waals surface area contributed by atoms with Gasteiger partial charge >= 0.3 is 0 Å². The molecule has 142 valence electrons. The molecule has 7 nitrogen and oxygen atoms in total. The highest BCUT2D eigenvalue weighted by molar-refractivity contribution is 7.80. The lowest BCUT2D eigenvalue weighted by molar-refractivity contribution is -0.384. The molecule has 2 N–H and O–H groups in total.